The monoisotopic (exact) mass is 278 g/mol. The van der Waals surface area contributed by atoms with Gasteiger partial charge >= 0.3 is 0 Å². The first-order chi connectivity index (χ1) is 9.58. The number of rotatable bonds is 4. The topological polar surface area (TPSA) is 109 Å². The first-order valence-corrected chi connectivity index (χ1v) is 5.25. The Labute approximate surface area is 111 Å². The van der Waals surface area contributed by atoms with Gasteiger partial charge in [0.2, 0.25) is 0 Å². The second-order valence-corrected chi connectivity index (χ2v) is 3.83. The van der Waals surface area contributed by atoms with Crippen molar-refractivity contribution < 1.29 is 19.7 Å². The van der Waals surface area contributed by atoms with E-state index in [1.165, 1.54) is 6.07 Å². The molecule has 0 saturated heterocycles. The van der Waals surface area contributed by atoms with Gasteiger partial charge in [0.1, 0.15) is 22.9 Å². The lowest BCUT2D eigenvalue weighted by atomic mass is 10.0. The number of phenolic OH excluding ortho intramolecular Hbond substituents is 2. The van der Waals surface area contributed by atoms with Crippen molar-refractivity contribution in [2.45, 2.75) is 0 Å². The molecule has 0 aliphatic rings. The minimum Gasteiger partial charge on any atom is -0.507 e. The highest BCUT2D eigenvalue weighted by molar-refractivity contribution is 5.81. The van der Waals surface area contributed by atoms with Crippen molar-refractivity contribution in [3.63, 3.8) is 0 Å². The number of hydrogen-bond donors (Lipinski definition) is 2. The highest BCUT2D eigenvalue weighted by Gasteiger charge is 2.15. The van der Waals surface area contributed by atoms with E-state index in [0.29, 0.717) is 0 Å². The summed E-state index contributed by atoms with van der Waals surface area (Å²) in [6.45, 7) is 0. The molecule has 0 amide bonds. The van der Waals surface area contributed by atoms with Gasteiger partial charge in [-0.25, -0.2) is 0 Å². The fraction of sp³-hybridized carbons (Fsp3) is 0. The summed E-state index contributed by atoms with van der Waals surface area (Å²) in [6.07, 6.45) is 0. The van der Waals surface area contributed by atoms with Crippen LogP contribution in [0.4, 0.5) is 15.9 Å². The summed E-state index contributed by atoms with van der Waals surface area (Å²) >= 11 is 0. The second kappa shape index (κ2) is 5.31. The van der Waals surface area contributed by atoms with Gasteiger partial charge in [-0.1, -0.05) is 0 Å². The van der Waals surface area contributed by atoms with E-state index < -0.39 is 11.5 Å². The Hall–Kier alpha value is -3.03. The molecule has 0 aromatic heterocycles. The number of nitroso groups, excluding NO2 is 2. The molecule has 0 unspecified atom stereocenters. The lowest BCUT2D eigenvalue weighted by molar-refractivity contribution is -0.00608. The molecule has 2 aromatic rings. The van der Waals surface area contributed by atoms with E-state index in [1.54, 1.807) is 0 Å². The summed E-state index contributed by atoms with van der Waals surface area (Å²) < 4.78 is 12.2. The molecule has 0 radical (unpaired) electrons. The molecule has 0 heterocycles. The molecule has 0 atom stereocenters. The van der Waals surface area contributed by atoms with E-state index >= 15 is 0 Å². The normalized spacial score (nSPS) is 10.1. The van der Waals surface area contributed by atoms with Gasteiger partial charge in [-0.3, -0.25) is 4.94 Å². The van der Waals surface area contributed by atoms with Gasteiger partial charge in [0.25, 0.3) is 0 Å². The van der Waals surface area contributed by atoms with Gasteiger partial charge in [0.05, 0.1) is 5.56 Å². The van der Waals surface area contributed by atoms with Crippen molar-refractivity contribution in [2.24, 2.45) is 10.4 Å². The van der Waals surface area contributed by atoms with E-state index in [-0.39, 0.29) is 28.3 Å². The fourth-order valence-corrected chi connectivity index (χ4v) is 1.77. The highest BCUT2D eigenvalue weighted by atomic mass is 19.3. The van der Waals surface area contributed by atoms with Crippen LogP contribution in [0.15, 0.2) is 40.7 Å². The molecule has 7 nitrogen and oxygen atoms in total. The van der Waals surface area contributed by atoms with Crippen molar-refractivity contribution in [2.75, 3.05) is 0 Å². The maximum Gasteiger partial charge on any atom is 0.174 e. The summed E-state index contributed by atoms with van der Waals surface area (Å²) in [5.74, 6) is -1.26. The van der Waals surface area contributed by atoms with E-state index in [4.69, 9.17) is 0 Å². The Balaban J connectivity index is 2.67. The third-order valence-electron chi connectivity index (χ3n) is 2.56. The molecule has 2 rings (SSSR count). The predicted octanol–water partition coefficient (Wildman–Crippen LogP) is 3.82. The zero-order valence-corrected chi connectivity index (χ0v) is 9.78. The SMILES string of the molecule is O=Nc1cc(OF)cc(-c2c(O)cc(N=O)cc2O)c1. The molecule has 20 heavy (non-hydrogen) atoms. The maximum atomic E-state index is 12.2. The van der Waals surface area contributed by atoms with Crippen molar-refractivity contribution in [3.05, 3.63) is 40.1 Å². The summed E-state index contributed by atoms with van der Waals surface area (Å²) in [7, 11) is 0. The number of phenols is 2. The number of halogens is 1. The molecular weight excluding hydrogens is 271 g/mol. The molecule has 2 aromatic carbocycles. The van der Waals surface area contributed by atoms with Gasteiger partial charge in [-0.2, -0.15) is 0 Å². The van der Waals surface area contributed by atoms with Gasteiger partial charge in [-0.15, -0.1) is 9.81 Å². The third-order valence-corrected chi connectivity index (χ3v) is 2.56. The van der Waals surface area contributed by atoms with Crippen molar-refractivity contribution >= 4 is 11.4 Å². The Morgan fingerprint density at radius 3 is 1.95 bits per heavy atom. The Morgan fingerprint density at radius 2 is 1.45 bits per heavy atom. The minimum atomic E-state index is -0.465. The smallest absolute Gasteiger partial charge is 0.174 e. The summed E-state index contributed by atoms with van der Waals surface area (Å²) in [5, 5.41) is 24.8. The molecule has 0 fully saturated rings. The highest BCUT2D eigenvalue weighted by Crippen LogP contribution is 2.42. The lowest BCUT2D eigenvalue weighted by Gasteiger charge is -2.09. The van der Waals surface area contributed by atoms with Gasteiger partial charge in [-0.05, 0) is 28.0 Å². The van der Waals surface area contributed by atoms with Crippen molar-refractivity contribution in [1.29, 1.82) is 0 Å². The van der Waals surface area contributed by atoms with E-state index in [2.05, 4.69) is 15.3 Å². The molecule has 8 heteroatoms. The van der Waals surface area contributed by atoms with Gasteiger partial charge < -0.3 is 10.2 Å². The quantitative estimate of drug-likeness (QED) is 0.826. The van der Waals surface area contributed by atoms with Gasteiger partial charge in [0.15, 0.2) is 5.75 Å². The van der Waals surface area contributed by atoms with Crippen molar-refractivity contribution in [1.82, 2.24) is 0 Å². The fourth-order valence-electron chi connectivity index (χ4n) is 1.77. The molecule has 0 aliphatic carbocycles. The van der Waals surface area contributed by atoms with Gasteiger partial charge in [0, 0.05) is 22.7 Å². The largest absolute Gasteiger partial charge is 0.507 e. The average molecular weight is 278 g/mol. The van der Waals surface area contributed by atoms with Crippen LogP contribution in [0.5, 0.6) is 17.2 Å². The maximum absolute atomic E-state index is 12.2. The molecule has 0 aliphatic heterocycles. The molecule has 2 N–H and O–H groups in total. The third kappa shape index (κ3) is 2.39. The lowest BCUT2D eigenvalue weighted by Crippen LogP contribution is -1.84. The van der Waals surface area contributed by atoms with Crippen LogP contribution in [0.3, 0.4) is 0 Å². The molecule has 0 spiro atoms. The van der Waals surface area contributed by atoms with Crippen LogP contribution < -0.4 is 4.94 Å². The number of hydrogen-bond acceptors (Lipinski definition) is 7. The summed E-state index contributed by atoms with van der Waals surface area (Å²) in [4.78, 5) is 24.4. The summed E-state index contributed by atoms with van der Waals surface area (Å²) in [5.41, 5.74) is -0.370. The zero-order chi connectivity index (χ0) is 14.7. The standard InChI is InChI=1S/C12H7FN2O5/c13-20-9-2-6(1-7(3-9)14-18)12-10(16)4-8(15-19)5-11(12)17/h1-5,16-17H. The Kier molecular flexibility index (Phi) is 3.56. The van der Waals surface area contributed by atoms with E-state index in [9.17, 15) is 24.6 Å². The Morgan fingerprint density at radius 1 is 0.900 bits per heavy atom. The van der Waals surface area contributed by atoms with Crippen LogP contribution >= 0.6 is 0 Å². The van der Waals surface area contributed by atoms with E-state index in [0.717, 1.165) is 24.3 Å². The first-order valence-electron chi connectivity index (χ1n) is 5.25. The summed E-state index contributed by atoms with van der Waals surface area (Å²) in [6, 6.07) is 5.40. The Bertz CT molecular complexity index is 667. The number of aromatic hydroxyl groups is 2. The number of benzene rings is 2. The number of nitrogens with zero attached hydrogens (tertiary/aromatic N) is 2. The van der Waals surface area contributed by atoms with E-state index in [1.807, 2.05) is 0 Å². The first kappa shape index (κ1) is 13.4. The van der Waals surface area contributed by atoms with Crippen LogP contribution in [0.2, 0.25) is 0 Å². The van der Waals surface area contributed by atoms with Crippen LogP contribution in [-0.4, -0.2) is 10.2 Å². The predicted molar refractivity (Wildman–Crippen MR) is 67.9 cm³/mol. The zero-order valence-electron chi connectivity index (χ0n) is 9.78. The van der Waals surface area contributed by atoms with Crippen LogP contribution in [0.1, 0.15) is 0 Å². The molecule has 0 saturated carbocycles. The molecule has 102 valence electrons. The van der Waals surface area contributed by atoms with Crippen LogP contribution in [0, 0.1) is 9.81 Å². The molecular formula is C12H7FN2O5. The molecule has 0 bridgehead atoms. The van der Waals surface area contributed by atoms with Crippen molar-refractivity contribution in [3.8, 4) is 28.4 Å². The van der Waals surface area contributed by atoms with Crippen LogP contribution in [0.25, 0.3) is 11.1 Å². The second-order valence-electron chi connectivity index (χ2n) is 3.83. The van der Waals surface area contributed by atoms with Crippen LogP contribution in [-0.2, 0) is 0 Å². The average Bonchev–Trinajstić information content (AvgIpc) is 2.45. The minimum absolute atomic E-state index is 0.0854.